The Hall–Kier alpha value is -1.52. The predicted octanol–water partition coefficient (Wildman–Crippen LogP) is 4.75. The number of cyclic esters (lactones) is 1. The molecule has 2 rings (SSSR count). The SMILES string of the molecule is C=C(C)CC1C[C@@H](C(CC2CCCCC2)NC(=O)OC(C)(C)C)OC1=O. The Morgan fingerprint density at radius 3 is 2.54 bits per heavy atom. The largest absolute Gasteiger partial charge is 0.460 e. The summed E-state index contributed by atoms with van der Waals surface area (Å²) in [6.07, 6.45) is 7.57. The van der Waals surface area contributed by atoms with Gasteiger partial charge in [-0.1, -0.05) is 37.7 Å². The molecule has 1 heterocycles. The molecule has 5 heteroatoms. The Morgan fingerprint density at radius 2 is 1.96 bits per heavy atom. The van der Waals surface area contributed by atoms with E-state index < -0.39 is 11.7 Å². The zero-order chi connectivity index (χ0) is 19.3. The second kappa shape index (κ2) is 8.92. The molecule has 1 aliphatic heterocycles. The Morgan fingerprint density at radius 1 is 1.31 bits per heavy atom. The number of amides is 1. The zero-order valence-electron chi connectivity index (χ0n) is 16.8. The number of hydrogen-bond acceptors (Lipinski definition) is 4. The molecule has 148 valence electrons. The van der Waals surface area contributed by atoms with Crippen LogP contribution in [0.15, 0.2) is 12.2 Å². The van der Waals surface area contributed by atoms with Crippen LogP contribution in [0.4, 0.5) is 4.79 Å². The summed E-state index contributed by atoms with van der Waals surface area (Å²) in [5.41, 5.74) is 0.436. The summed E-state index contributed by atoms with van der Waals surface area (Å²) in [4.78, 5) is 24.5. The van der Waals surface area contributed by atoms with Gasteiger partial charge in [0.1, 0.15) is 11.7 Å². The van der Waals surface area contributed by atoms with Gasteiger partial charge in [0.2, 0.25) is 0 Å². The number of hydrogen-bond donors (Lipinski definition) is 1. The van der Waals surface area contributed by atoms with Crippen LogP contribution in [0.3, 0.4) is 0 Å². The van der Waals surface area contributed by atoms with E-state index in [0.717, 1.165) is 12.0 Å². The summed E-state index contributed by atoms with van der Waals surface area (Å²) in [6, 6.07) is -0.188. The quantitative estimate of drug-likeness (QED) is 0.545. The summed E-state index contributed by atoms with van der Waals surface area (Å²) in [6.45, 7) is 11.4. The maximum Gasteiger partial charge on any atom is 0.408 e. The molecule has 1 aliphatic carbocycles. The summed E-state index contributed by atoms with van der Waals surface area (Å²) in [5, 5.41) is 3.00. The van der Waals surface area contributed by atoms with Crippen LogP contribution < -0.4 is 5.32 Å². The third-order valence-electron chi connectivity index (χ3n) is 5.18. The van der Waals surface area contributed by atoms with Gasteiger partial charge in [-0.2, -0.15) is 0 Å². The number of carbonyl (C=O) groups is 2. The van der Waals surface area contributed by atoms with Gasteiger partial charge in [0.15, 0.2) is 0 Å². The fourth-order valence-electron chi connectivity index (χ4n) is 4.05. The molecule has 1 N–H and O–H groups in total. The fraction of sp³-hybridized carbons (Fsp3) is 0.810. The van der Waals surface area contributed by atoms with Gasteiger partial charge < -0.3 is 14.8 Å². The highest BCUT2D eigenvalue weighted by Crippen LogP contribution is 2.33. The van der Waals surface area contributed by atoms with Crippen LogP contribution in [0.5, 0.6) is 0 Å². The molecular weight excluding hydrogens is 330 g/mol. The summed E-state index contributed by atoms with van der Waals surface area (Å²) >= 11 is 0. The van der Waals surface area contributed by atoms with Crippen LogP contribution in [0, 0.1) is 11.8 Å². The lowest BCUT2D eigenvalue weighted by Gasteiger charge is -2.30. The summed E-state index contributed by atoms with van der Waals surface area (Å²) in [7, 11) is 0. The maximum atomic E-state index is 12.3. The van der Waals surface area contributed by atoms with Crippen LogP contribution in [-0.2, 0) is 14.3 Å². The monoisotopic (exact) mass is 365 g/mol. The van der Waals surface area contributed by atoms with Gasteiger partial charge >= 0.3 is 12.1 Å². The zero-order valence-corrected chi connectivity index (χ0v) is 16.8. The molecule has 0 aromatic heterocycles. The molecule has 0 aromatic rings. The lowest BCUT2D eigenvalue weighted by atomic mass is 9.82. The van der Waals surface area contributed by atoms with Crippen LogP contribution in [0.25, 0.3) is 0 Å². The molecular formula is C21H35NO4. The Balaban J connectivity index is 2.03. The van der Waals surface area contributed by atoms with Crippen molar-refractivity contribution in [3.8, 4) is 0 Å². The lowest BCUT2D eigenvalue weighted by Crippen LogP contribution is -2.46. The molecule has 2 unspecified atom stereocenters. The Bertz CT molecular complexity index is 517. The van der Waals surface area contributed by atoms with Crippen molar-refractivity contribution in [3.05, 3.63) is 12.2 Å². The Labute approximate surface area is 157 Å². The minimum absolute atomic E-state index is 0.146. The third kappa shape index (κ3) is 6.65. The van der Waals surface area contributed by atoms with E-state index in [0.29, 0.717) is 18.8 Å². The average molecular weight is 366 g/mol. The molecule has 3 atom stereocenters. The van der Waals surface area contributed by atoms with Crippen molar-refractivity contribution in [2.45, 2.75) is 96.8 Å². The molecule has 5 nitrogen and oxygen atoms in total. The van der Waals surface area contributed by atoms with Gasteiger partial charge in [0.25, 0.3) is 0 Å². The molecule has 2 aliphatic rings. The molecule has 1 saturated heterocycles. The fourth-order valence-corrected chi connectivity index (χ4v) is 4.05. The molecule has 1 saturated carbocycles. The van der Waals surface area contributed by atoms with Crippen LogP contribution in [0.1, 0.15) is 79.1 Å². The number of carbonyl (C=O) groups excluding carboxylic acids is 2. The minimum atomic E-state index is -0.547. The van der Waals surface area contributed by atoms with Gasteiger partial charge in [-0.25, -0.2) is 4.79 Å². The molecule has 0 spiro atoms. The van der Waals surface area contributed by atoms with Gasteiger partial charge in [0, 0.05) is 0 Å². The third-order valence-corrected chi connectivity index (χ3v) is 5.18. The first-order chi connectivity index (χ1) is 12.1. The Kier molecular flexibility index (Phi) is 7.13. The first kappa shape index (κ1) is 20.8. The minimum Gasteiger partial charge on any atom is -0.460 e. The molecule has 1 amide bonds. The van der Waals surface area contributed by atoms with E-state index in [2.05, 4.69) is 11.9 Å². The average Bonchev–Trinajstić information content (AvgIpc) is 2.86. The van der Waals surface area contributed by atoms with Crippen molar-refractivity contribution in [2.24, 2.45) is 11.8 Å². The van der Waals surface area contributed by atoms with Crippen molar-refractivity contribution in [1.29, 1.82) is 0 Å². The molecule has 26 heavy (non-hydrogen) atoms. The maximum absolute atomic E-state index is 12.3. The van der Waals surface area contributed by atoms with E-state index in [1.54, 1.807) is 0 Å². The smallest absolute Gasteiger partial charge is 0.408 e. The van der Waals surface area contributed by atoms with Crippen molar-refractivity contribution in [1.82, 2.24) is 5.32 Å². The van der Waals surface area contributed by atoms with Crippen molar-refractivity contribution >= 4 is 12.1 Å². The summed E-state index contributed by atoms with van der Waals surface area (Å²) in [5.74, 6) is 0.256. The van der Waals surface area contributed by atoms with Gasteiger partial charge in [0.05, 0.1) is 12.0 Å². The molecule has 0 radical (unpaired) electrons. The number of rotatable bonds is 6. The van der Waals surface area contributed by atoms with E-state index in [1.807, 2.05) is 27.7 Å². The van der Waals surface area contributed by atoms with Crippen LogP contribution >= 0.6 is 0 Å². The number of ether oxygens (including phenoxy) is 2. The number of allylic oxidation sites excluding steroid dienone is 1. The summed E-state index contributed by atoms with van der Waals surface area (Å²) < 4.78 is 11.1. The van der Waals surface area contributed by atoms with Gasteiger partial charge in [-0.05, 0) is 52.9 Å². The van der Waals surface area contributed by atoms with Crippen molar-refractivity contribution in [3.63, 3.8) is 0 Å². The second-order valence-corrected chi connectivity index (χ2v) is 9.06. The lowest BCUT2D eigenvalue weighted by molar-refractivity contribution is -0.145. The highest BCUT2D eigenvalue weighted by atomic mass is 16.6. The number of esters is 1. The van der Waals surface area contributed by atoms with Crippen molar-refractivity contribution < 1.29 is 19.1 Å². The first-order valence-electron chi connectivity index (χ1n) is 9.98. The van der Waals surface area contributed by atoms with Gasteiger partial charge in [-0.3, -0.25) is 4.79 Å². The highest BCUT2D eigenvalue weighted by Gasteiger charge is 2.40. The standard InChI is InChI=1S/C21H35NO4/c1-14(2)11-16-13-18(25-19(16)23)17(12-15-9-7-6-8-10-15)22-20(24)26-21(3,4)5/h15-18H,1,6-13H2,2-5H3,(H,22,24)/t16?,17?,18-/m0/s1. The van der Waals surface area contributed by atoms with E-state index in [-0.39, 0.29) is 24.0 Å². The predicted molar refractivity (Wildman–Crippen MR) is 102 cm³/mol. The normalized spacial score (nSPS) is 25.5. The van der Waals surface area contributed by atoms with E-state index >= 15 is 0 Å². The molecule has 0 bridgehead atoms. The van der Waals surface area contributed by atoms with E-state index in [4.69, 9.17) is 9.47 Å². The van der Waals surface area contributed by atoms with Crippen LogP contribution in [0.2, 0.25) is 0 Å². The van der Waals surface area contributed by atoms with E-state index in [1.165, 1.54) is 32.1 Å². The van der Waals surface area contributed by atoms with E-state index in [9.17, 15) is 9.59 Å². The number of alkyl carbamates (subject to hydrolysis) is 1. The molecule has 0 aromatic carbocycles. The van der Waals surface area contributed by atoms with Gasteiger partial charge in [-0.15, -0.1) is 6.58 Å². The highest BCUT2D eigenvalue weighted by molar-refractivity contribution is 5.75. The van der Waals surface area contributed by atoms with Crippen molar-refractivity contribution in [2.75, 3.05) is 0 Å². The van der Waals surface area contributed by atoms with Crippen LogP contribution in [-0.4, -0.2) is 29.8 Å². The first-order valence-corrected chi connectivity index (χ1v) is 9.98. The topological polar surface area (TPSA) is 64.6 Å². The second-order valence-electron chi connectivity index (χ2n) is 9.06. The number of nitrogens with one attached hydrogen (secondary N) is 1. The molecule has 2 fully saturated rings.